The Kier molecular flexibility index (Phi) is 3.52. The van der Waals surface area contributed by atoms with Crippen LogP contribution in [0.2, 0.25) is 0 Å². The Hall–Kier alpha value is -2.14. The zero-order chi connectivity index (χ0) is 12.1. The number of hydrogen-bond acceptors (Lipinski definition) is 3. The van der Waals surface area contributed by atoms with Gasteiger partial charge in [-0.3, -0.25) is 9.63 Å². The molecule has 5 heteroatoms. The molecular formula is C12H13N3O2. The molecule has 0 aliphatic carbocycles. The van der Waals surface area contributed by atoms with E-state index in [1.165, 1.54) is 7.11 Å². The van der Waals surface area contributed by atoms with Crippen LogP contribution in [0.1, 0.15) is 5.56 Å². The van der Waals surface area contributed by atoms with Crippen LogP contribution in [0, 0.1) is 0 Å². The fourth-order valence-electron chi connectivity index (χ4n) is 1.51. The molecule has 2 rings (SSSR count). The molecular weight excluding hydrogens is 218 g/mol. The van der Waals surface area contributed by atoms with E-state index in [9.17, 15) is 4.79 Å². The van der Waals surface area contributed by atoms with E-state index < -0.39 is 0 Å². The molecule has 88 valence electrons. The predicted octanol–water partition coefficient (Wildman–Crippen LogP) is 1.09. The molecule has 1 aromatic carbocycles. The Balaban J connectivity index is 2.09. The van der Waals surface area contributed by atoms with Gasteiger partial charge in [0.05, 0.1) is 25.4 Å². The summed E-state index contributed by atoms with van der Waals surface area (Å²) in [5.74, 6) is -0.194. The van der Waals surface area contributed by atoms with Crippen molar-refractivity contribution >= 4 is 5.91 Å². The Bertz CT molecular complexity index is 493. The average Bonchev–Trinajstić information content (AvgIpc) is 2.79. The molecule has 0 saturated carbocycles. The first-order valence-electron chi connectivity index (χ1n) is 5.20. The molecule has 17 heavy (non-hydrogen) atoms. The lowest BCUT2D eigenvalue weighted by molar-refractivity contribution is -0.130. The molecule has 0 aliphatic heterocycles. The minimum absolute atomic E-state index is 0.194. The standard InChI is InChI=1S/C12H13N3O2/c1-17-14-12(16)7-10-8-13-15(9-10)11-5-3-2-4-6-11/h2-6,8-9H,7H2,1H3,(H,14,16). The topological polar surface area (TPSA) is 56.1 Å². The molecule has 0 bridgehead atoms. The Morgan fingerprint density at radius 2 is 2.18 bits per heavy atom. The van der Waals surface area contributed by atoms with Crippen LogP contribution in [0.25, 0.3) is 5.69 Å². The number of nitrogens with zero attached hydrogens (tertiary/aromatic N) is 2. The van der Waals surface area contributed by atoms with E-state index >= 15 is 0 Å². The SMILES string of the molecule is CONC(=O)Cc1cnn(-c2ccccc2)c1. The summed E-state index contributed by atoms with van der Waals surface area (Å²) < 4.78 is 1.73. The Morgan fingerprint density at radius 1 is 1.41 bits per heavy atom. The van der Waals surface area contributed by atoms with Gasteiger partial charge < -0.3 is 0 Å². The van der Waals surface area contributed by atoms with Gasteiger partial charge in [0.15, 0.2) is 0 Å². The first-order valence-corrected chi connectivity index (χ1v) is 5.20. The first-order chi connectivity index (χ1) is 8.29. The number of carbonyl (C=O) groups is 1. The minimum Gasteiger partial charge on any atom is -0.277 e. The van der Waals surface area contributed by atoms with Gasteiger partial charge in [0.2, 0.25) is 5.91 Å². The lowest BCUT2D eigenvalue weighted by Gasteiger charge is -2.00. The van der Waals surface area contributed by atoms with E-state index in [0.29, 0.717) is 0 Å². The largest absolute Gasteiger partial charge is 0.277 e. The van der Waals surface area contributed by atoms with Gasteiger partial charge in [-0.2, -0.15) is 5.10 Å². The molecule has 1 N–H and O–H groups in total. The second kappa shape index (κ2) is 5.27. The highest BCUT2D eigenvalue weighted by Gasteiger charge is 2.05. The number of benzene rings is 1. The number of carbonyl (C=O) groups excluding carboxylic acids is 1. The number of hydroxylamine groups is 1. The number of hydrogen-bond donors (Lipinski definition) is 1. The van der Waals surface area contributed by atoms with E-state index in [1.807, 2.05) is 36.5 Å². The van der Waals surface area contributed by atoms with Crippen LogP contribution >= 0.6 is 0 Å². The van der Waals surface area contributed by atoms with E-state index in [0.717, 1.165) is 11.3 Å². The molecule has 1 heterocycles. The van der Waals surface area contributed by atoms with Gasteiger partial charge in [-0.05, 0) is 17.7 Å². The molecule has 0 spiro atoms. The number of amides is 1. The van der Waals surface area contributed by atoms with Crippen molar-refractivity contribution in [2.45, 2.75) is 6.42 Å². The highest BCUT2D eigenvalue weighted by Crippen LogP contribution is 2.07. The molecule has 1 aromatic heterocycles. The summed E-state index contributed by atoms with van der Waals surface area (Å²) in [5, 5.41) is 4.20. The summed E-state index contributed by atoms with van der Waals surface area (Å²) in [6, 6.07) is 9.72. The van der Waals surface area contributed by atoms with Crippen LogP contribution < -0.4 is 5.48 Å². The van der Waals surface area contributed by atoms with Crippen molar-refractivity contribution < 1.29 is 9.63 Å². The summed E-state index contributed by atoms with van der Waals surface area (Å²) in [7, 11) is 1.41. The van der Waals surface area contributed by atoms with E-state index in [-0.39, 0.29) is 12.3 Å². The van der Waals surface area contributed by atoms with Gasteiger partial charge in [0, 0.05) is 6.20 Å². The maximum Gasteiger partial charge on any atom is 0.248 e. The molecule has 0 saturated heterocycles. The lowest BCUT2D eigenvalue weighted by Crippen LogP contribution is -2.23. The molecule has 0 unspecified atom stereocenters. The predicted molar refractivity (Wildman–Crippen MR) is 62.4 cm³/mol. The maximum absolute atomic E-state index is 11.3. The Labute approximate surface area is 99.0 Å². The van der Waals surface area contributed by atoms with Crippen molar-refractivity contribution in [2.75, 3.05) is 7.11 Å². The average molecular weight is 231 g/mol. The zero-order valence-corrected chi connectivity index (χ0v) is 9.46. The van der Waals surface area contributed by atoms with Crippen molar-refractivity contribution in [3.63, 3.8) is 0 Å². The minimum atomic E-state index is -0.194. The molecule has 0 atom stereocenters. The summed E-state index contributed by atoms with van der Waals surface area (Å²) >= 11 is 0. The third-order valence-corrected chi connectivity index (χ3v) is 2.24. The normalized spacial score (nSPS) is 10.2. The van der Waals surface area contributed by atoms with E-state index in [2.05, 4.69) is 15.4 Å². The zero-order valence-electron chi connectivity index (χ0n) is 9.46. The van der Waals surface area contributed by atoms with Gasteiger partial charge >= 0.3 is 0 Å². The quantitative estimate of drug-likeness (QED) is 0.801. The van der Waals surface area contributed by atoms with Gasteiger partial charge in [0.25, 0.3) is 0 Å². The lowest BCUT2D eigenvalue weighted by atomic mass is 10.2. The van der Waals surface area contributed by atoms with Crippen molar-refractivity contribution in [1.29, 1.82) is 0 Å². The van der Waals surface area contributed by atoms with Gasteiger partial charge in [-0.25, -0.2) is 10.2 Å². The van der Waals surface area contributed by atoms with Crippen LogP contribution in [0.15, 0.2) is 42.7 Å². The van der Waals surface area contributed by atoms with Crippen LogP contribution in [0.3, 0.4) is 0 Å². The third kappa shape index (κ3) is 2.92. The molecule has 1 amide bonds. The number of aromatic nitrogens is 2. The summed E-state index contributed by atoms with van der Waals surface area (Å²) in [4.78, 5) is 15.8. The number of rotatable bonds is 4. The van der Waals surface area contributed by atoms with Crippen LogP contribution in [0.5, 0.6) is 0 Å². The van der Waals surface area contributed by atoms with Crippen LogP contribution in [-0.4, -0.2) is 22.8 Å². The second-order valence-corrected chi connectivity index (χ2v) is 3.53. The number of para-hydroxylation sites is 1. The van der Waals surface area contributed by atoms with Crippen molar-refractivity contribution in [3.8, 4) is 5.69 Å². The van der Waals surface area contributed by atoms with Crippen molar-refractivity contribution in [3.05, 3.63) is 48.3 Å². The van der Waals surface area contributed by atoms with Gasteiger partial charge in [-0.1, -0.05) is 18.2 Å². The molecule has 5 nitrogen and oxygen atoms in total. The van der Waals surface area contributed by atoms with Crippen LogP contribution in [0.4, 0.5) is 0 Å². The highest BCUT2D eigenvalue weighted by atomic mass is 16.6. The second-order valence-electron chi connectivity index (χ2n) is 3.53. The van der Waals surface area contributed by atoms with Gasteiger partial charge in [-0.15, -0.1) is 0 Å². The number of nitrogens with one attached hydrogen (secondary N) is 1. The summed E-state index contributed by atoms with van der Waals surface area (Å²) in [6.07, 6.45) is 3.74. The monoisotopic (exact) mass is 231 g/mol. The molecule has 0 fully saturated rings. The fraction of sp³-hybridized carbons (Fsp3) is 0.167. The highest BCUT2D eigenvalue weighted by molar-refractivity contribution is 5.77. The molecule has 0 aliphatic rings. The van der Waals surface area contributed by atoms with Crippen molar-refractivity contribution in [1.82, 2.24) is 15.3 Å². The first kappa shape index (κ1) is 11.3. The smallest absolute Gasteiger partial charge is 0.248 e. The molecule has 2 aromatic rings. The van der Waals surface area contributed by atoms with Gasteiger partial charge in [0.1, 0.15) is 0 Å². The molecule has 0 radical (unpaired) electrons. The summed E-state index contributed by atoms with van der Waals surface area (Å²) in [6.45, 7) is 0. The van der Waals surface area contributed by atoms with Crippen molar-refractivity contribution in [2.24, 2.45) is 0 Å². The fourth-order valence-corrected chi connectivity index (χ4v) is 1.51. The third-order valence-electron chi connectivity index (χ3n) is 2.24. The van der Waals surface area contributed by atoms with E-state index in [4.69, 9.17) is 0 Å². The maximum atomic E-state index is 11.3. The van der Waals surface area contributed by atoms with E-state index in [1.54, 1.807) is 10.9 Å². The van der Waals surface area contributed by atoms with Crippen LogP contribution in [-0.2, 0) is 16.1 Å². The summed E-state index contributed by atoms with van der Waals surface area (Å²) in [5.41, 5.74) is 4.07. The Morgan fingerprint density at radius 3 is 2.88 bits per heavy atom.